The fraction of sp³-hybridized carbons (Fsp3) is 0.929. The quantitative estimate of drug-likeness (QED) is 0.468. The molecule has 0 saturated carbocycles. The highest BCUT2D eigenvalue weighted by atomic mass is 16.5. The van der Waals surface area contributed by atoms with Gasteiger partial charge < -0.3 is 15.2 Å². The van der Waals surface area contributed by atoms with Crippen molar-refractivity contribution in [2.75, 3.05) is 13.2 Å². The van der Waals surface area contributed by atoms with Gasteiger partial charge in [-0.15, -0.1) is 0 Å². The molecule has 3 atom stereocenters. The lowest BCUT2D eigenvalue weighted by atomic mass is 10.1. The van der Waals surface area contributed by atoms with Crippen molar-refractivity contribution in [3.63, 3.8) is 0 Å². The lowest BCUT2D eigenvalue weighted by Gasteiger charge is -2.20. The van der Waals surface area contributed by atoms with Crippen LogP contribution in [0.3, 0.4) is 0 Å². The Labute approximate surface area is 117 Å². The third-order valence-corrected chi connectivity index (χ3v) is 2.72. The van der Waals surface area contributed by atoms with Gasteiger partial charge in [-0.3, -0.25) is 10.1 Å². The Morgan fingerprint density at radius 1 is 1.26 bits per heavy atom. The Hall–Kier alpha value is -0.650. The normalized spacial score (nSPS) is 16.2. The molecule has 0 aromatic rings. The van der Waals surface area contributed by atoms with E-state index < -0.39 is 6.04 Å². The summed E-state index contributed by atoms with van der Waals surface area (Å²) in [4.78, 5) is 11.6. The van der Waals surface area contributed by atoms with Crippen LogP contribution in [0.25, 0.3) is 0 Å². The lowest BCUT2D eigenvalue weighted by Crippen LogP contribution is -2.35. The summed E-state index contributed by atoms with van der Waals surface area (Å²) in [6.45, 7) is 11.2. The first-order valence-electron chi connectivity index (χ1n) is 7.17. The first-order valence-corrected chi connectivity index (χ1v) is 7.17. The van der Waals surface area contributed by atoms with E-state index in [0.29, 0.717) is 25.4 Å². The third kappa shape index (κ3) is 9.87. The molecule has 5 nitrogen and oxygen atoms in total. The zero-order valence-electron chi connectivity index (χ0n) is 12.9. The van der Waals surface area contributed by atoms with Gasteiger partial charge in [-0.1, -0.05) is 20.8 Å². The van der Waals surface area contributed by atoms with Crippen LogP contribution in [0.5, 0.6) is 0 Å². The molecule has 0 spiro atoms. The molecule has 19 heavy (non-hydrogen) atoms. The van der Waals surface area contributed by atoms with Crippen molar-refractivity contribution in [1.82, 2.24) is 5.32 Å². The van der Waals surface area contributed by atoms with Gasteiger partial charge in [-0.25, -0.2) is 0 Å². The molecule has 3 unspecified atom stereocenters. The average molecular weight is 274 g/mol. The number of carbonyl (C=O) groups is 1. The topological polar surface area (TPSA) is 73.6 Å². The van der Waals surface area contributed by atoms with Gasteiger partial charge in [0.1, 0.15) is 12.3 Å². The Kier molecular flexibility index (Phi) is 9.83. The fourth-order valence-corrected chi connectivity index (χ4v) is 1.79. The Balaban J connectivity index is 3.74. The zero-order chi connectivity index (χ0) is 14.8. The van der Waals surface area contributed by atoms with E-state index in [-0.39, 0.29) is 18.3 Å². The first-order chi connectivity index (χ1) is 8.86. The second kappa shape index (κ2) is 10.2. The third-order valence-electron chi connectivity index (χ3n) is 2.72. The number of ether oxygens (including phenoxy) is 2. The Bertz CT molecular complexity index is 247. The van der Waals surface area contributed by atoms with Crippen molar-refractivity contribution in [3.8, 4) is 0 Å². The van der Waals surface area contributed by atoms with Crippen LogP contribution >= 0.6 is 0 Å². The molecule has 0 bridgehead atoms. The van der Waals surface area contributed by atoms with Crippen LogP contribution in [-0.4, -0.2) is 37.5 Å². The summed E-state index contributed by atoms with van der Waals surface area (Å²) in [5, 5.41) is 3.17. The molecule has 0 aromatic carbocycles. The minimum atomic E-state index is -0.517. The van der Waals surface area contributed by atoms with Crippen molar-refractivity contribution in [2.45, 2.75) is 65.8 Å². The molecule has 0 aliphatic heterocycles. The number of nitrogens with two attached hydrogens (primary N) is 1. The number of rotatable bonds is 10. The minimum Gasteiger partial charge on any atom is -0.464 e. The standard InChI is InChI=1S/C14H30N2O3/c1-6-16-12(5)19-11(4)7-8-18-14(17)13(15)9-10(2)3/h10-13,16H,6-9,15H2,1-5H3. The number of esters is 1. The van der Waals surface area contributed by atoms with E-state index >= 15 is 0 Å². The van der Waals surface area contributed by atoms with Gasteiger partial charge in [0.15, 0.2) is 0 Å². The highest BCUT2D eigenvalue weighted by molar-refractivity contribution is 5.75. The van der Waals surface area contributed by atoms with Crippen LogP contribution in [0, 0.1) is 5.92 Å². The summed E-state index contributed by atoms with van der Waals surface area (Å²) >= 11 is 0. The molecule has 0 rings (SSSR count). The first kappa shape index (κ1) is 18.4. The van der Waals surface area contributed by atoms with Crippen LogP contribution in [0.4, 0.5) is 0 Å². The van der Waals surface area contributed by atoms with Gasteiger partial charge in [-0.05, 0) is 32.7 Å². The fourth-order valence-electron chi connectivity index (χ4n) is 1.79. The molecule has 0 amide bonds. The maximum Gasteiger partial charge on any atom is 0.322 e. The molecule has 114 valence electrons. The van der Waals surface area contributed by atoms with Crippen LogP contribution in [-0.2, 0) is 14.3 Å². The van der Waals surface area contributed by atoms with Gasteiger partial charge in [0.05, 0.1) is 12.7 Å². The van der Waals surface area contributed by atoms with E-state index in [9.17, 15) is 4.79 Å². The number of hydrogen-bond acceptors (Lipinski definition) is 5. The van der Waals surface area contributed by atoms with Crippen molar-refractivity contribution < 1.29 is 14.3 Å². The Morgan fingerprint density at radius 2 is 1.89 bits per heavy atom. The molecule has 0 fully saturated rings. The molecule has 0 heterocycles. The van der Waals surface area contributed by atoms with E-state index in [1.807, 2.05) is 34.6 Å². The largest absolute Gasteiger partial charge is 0.464 e. The predicted octanol–water partition coefficient (Wildman–Crippen LogP) is 1.65. The summed E-state index contributed by atoms with van der Waals surface area (Å²) in [6, 6.07) is -0.517. The summed E-state index contributed by atoms with van der Waals surface area (Å²) in [7, 11) is 0. The van der Waals surface area contributed by atoms with Crippen molar-refractivity contribution in [2.24, 2.45) is 11.7 Å². The maximum atomic E-state index is 11.6. The highest BCUT2D eigenvalue weighted by Crippen LogP contribution is 2.05. The lowest BCUT2D eigenvalue weighted by molar-refractivity contribution is -0.146. The predicted molar refractivity (Wildman–Crippen MR) is 76.7 cm³/mol. The average Bonchev–Trinajstić information content (AvgIpc) is 2.27. The van der Waals surface area contributed by atoms with Crippen molar-refractivity contribution >= 4 is 5.97 Å². The van der Waals surface area contributed by atoms with E-state index in [0.717, 1.165) is 6.54 Å². The molecular formula is C14H30N2O3. The van der Waals surface area contributed by atoms with Gasteiger partial charge in [0, 0.05) is 6.42 Å². The monoisotopic (exact) mass is 274 g/mol. The highest BCUT2D eigenvalue weighted by Gasteiger charge is 2.17. The molecule has 0 aliphatic carbocycles. The van der Waals surface area contributed by atoms with Crippen LogP contribution < -0.4 is 11.1 Å². The van der Waals surface area contributed by atoms with Gasteiger partial charge >= 0.3 is 5.97 Å². The zero-order valence-corrected chi connectivity index (χ0v) is 12.9. The number of nitrogens with one attached hydrogen (secondary N) is 1. The van der Waals surface area contributed by atoms with E-state index in [2.05, 4.69) is 5.32 Å². The van der Waals surface area contributed by atoms with Gasteiger partial charge in [0.25, 0.3) is 0 Å². The van der Waals surface area contributed by atoms with E-state index in [1.54, 1.807) is 0 Å². The van der Waals surface area contributed by atoms with Crippen molar-refractivity contribution in [3.05, 3.63) is 0 Å². The summed E-state index contributed by atoms with van der Waals surface area (Å²) < 4.78 is 10.8. The molecule has 0 aliphatic rings. The van der Waals surface area contributed by atoms with Gasteiger partial charge in [0.2, 0.25) is 0 Å². The summed E-state index contributed by atoms with van der Waals surface area (Å²) in [5.74, 6) is 0.0754. The Morgan fingerprint density at radius 3 is 2.42 bits per heavy atom. The van der Waals surface area contributed by atoms with Crippen LogP contribution in [0.15, 0.2) is 0 Å². The maximum absolute atomic E-state index is 11.6. The number of carbonyl (C=O) groups excluding carboxylic acids is 1. The minimum absolute atomic E-state index is 0.0129. The molecule has 0 aromatic heterocycles. The van der Waals surface area contributed by atoms with Crippen LogP contribution in [0.2, 0.25) is 0 Å². The molecule has 0 radical (unpaired) electrons. The summed E-state index contributed by atoms with van der Waals surface area (Å²) in [6.07, 6.45) is 1.39. The molecule has 0 saturated heterocycles. The molecule has 5 heteroatoms. The van der Waals surface area contributed by atoms with E-state index in [1.165, 1.54) is 0 Å². The second-order valence-corrected chi connectivity index (χ2v) is 5.34. The molecular weight excluding hydrogens is 244 g/mol. The molecule has 3 N–H and O–H groups in total. The number of hydrogen-bond donors (Lipinski definition) is 2. The SMILES string of the molecule is CCNC(C)OC(C)CCOC(=O)C(N)CC(C)C. The van der Waals surface area contributed by atoms with Gasteiger partial charge in [-0.2, -0.15) is 0 Å². The smallest absolute Gasteiger partial charge is 0.322 e. The summed E-state index contributed by atoms with van der Waals surface area (Å²) in [5.41, 5.74) is 5.74. The second-order valence-electron chi connectivity index (χ2n) is 5.34. The van der Waals surface area contributed by atoms with Crippen LogP contribution in [0.1, 0.15) is 47.5 Å². The van der Waals surface area contributed by atoms with E-state index in [4.69, 9.17) is 15.2 Å². The van der Waals surface area contributed by atoms with Crippen molar-refractivity contribution in [1.29, 1.82) is 0 Å².